The number of rotatable bonds is 3. The zero-order chi connectivity index (χ0) is 11.5. The molecule has 0 aromatic rings. The molecule has 0 bridgehead atoms. The zero-order valence-electron chi connectivity index (χ0n) is 8.94. The van der Waals surface area contributed by atoms with E-state index in [0.29, 0.717) is 5.70 Å². The highest BCUT2D eigenvalue weighted by molar-refractivity contribution is 5.10. The quantitative estimate of drug-likeness (QED) is 0.684. The van der Waals surface area contributed by atoms with Gasteiger partial charge in [-0.1, -0.05) is 20.4 Å². The zero-order valence-corrected chi connectivity index (χ0v) is 8.94. The third-order valence-corrected chi connectivity index (χ3v) is 1.95. The van der Waals surface area contributed by atoms with E-state index in [1.807, 2.05) is 13.8 Å². The molecule has 0 atom stereocenters. The number of nitrogens with zero attached hydrogens (tertiary/aromatic N) is 1. The fraction of sp³-hybridized carbons (Fsp3) is 0.600. The molecule has 0 radical (unpaired) electrons. The van der Waals surface area contributed by atoms with E-state index >= 15 is 0 Å². The summed E-state index contributed by atoms with van der Waals surface area (Å²) in [5.74, 6) is 0.136. The molecule has 0 rings (SSSR count). The lowest BCUT2D eigenvalue weighted by Crippen LogP contribution is -2.18. The van der Waals surface area contributed by atoms with Crippen molar-refractivity contribution in [1.29, 1.82) is 0 Å². The Kier molecular flexibility index (Phi) is 4.23. The minimum atomic E-state index is -4.26. The van der Waals surface area contributed by atoms with E-state index in [9.17, 15) is 13.2 Å². The van der Waals surface area contributed by atoms with Crippen LogP contribution in [0, 0.1) is 5.92 Å². The van der Waals surface area contributed by atoms with E-state index in [2.05, 4.69) is 6.58 Å². The minimum absolute atomic E-state index is 0.136. The summed E-state index contributed by atoms with van der Waals surface area (Å²) >= 11 is 0. The Morgan fingerprint density at radius 3 is 2.07 bits per heavy atom. The number of alkyl halides is 3. The van der Waals surface area contributed by atoms with Gasteiger partial charge in [0.15, 0.2) is 0 Å². The lowest BCUT2D eigenvalue weighted by molar-refractivity contribution is -0.0922. The van der Waals surface area contributed by atoms with Crippen molar-refractivity contribution in [2.75, 3.05) is 7.05 Å². The molecule has 0 fully saturated rings. The highest BCUT2D eigenvalue weighted by atomic mass is 19.4. The van der Waals surface area contributed by atoms with Gasteiger partial charge in [0.05, 0.1) is 0 Å². The monoisotopic (exact) mass is 207 g/mol. The maximum Gasteiger partial charge on any atom is 0.413 e. The van der Waals surface area contributed by atoms with Crippen LogP contribution < -0.4 is 0 Å². The molecule has 82 valence electrons. The molecule has 0 saturated heterocycles. The number of allylic oxidation sites excluding steroid dienone is 2. The molecule has 0 spiro atoms. The van der Waals surface area contributed by atoms with Crippen LogP contribution in [0.5, 0.6) is 0 Å². The molecule has 0 unspecified atom stereocenters. The van der Waals surface area contributed by atoms with E-state index in [1.165, 1.54) is 4.90 Å². The predicted octanol–water partition coefficient (Wildman–Crippen LogP) is 3.55. The first-order valence-corrected chi connectivity index (χ1v) is 4.33. The first-order chi connectivity index (χ1) is 6.16. The fourth-order valence-electron chi connectivity index (χ4n) is 0.854. The van der Waals surface area contributed by atoms with Gasteiger partial charge >= 0.3 is 6.18 Å². The second-order valence-electron chi connectivity index (χ2n) is 3.57. The van der Waals surface area contributed by atoms with Crippen molar-refractivity contribution >= 4 is 0 Å². The minimum Gasteiger partial charge on any atom is -0.354 e. The SMILES string of the molecule is C=C(C(C)C)N(C)/C=C(\C)C(F)(F)F. The lowest BCUT2D eigenvalue weighted by atomic mass is 10.1. The maximum atomic E-state index is 12.1. The Labute approximate surface area is 82.9 Å². The normalized spacial score (nSPS) is 13.3. The van der Waals surface area contributed by atoms with Gasteiger partial charge in [-0.15, -0.1) is 0 Å². The Hall–Kier alpha value is -0.930. The van der Waals surface area contributed by atoms with Gasteiger partial charge in [-0.25, -0.2) is 0 Å². The molecule has 0 aliphatic rings. The maximum absolute atomic E-state index is 12.1. The molecule has 0 aliphatic heterocycles. The van der Waals surface area contributed by atoms with Gasteiger partial charge in [0, 0.05) is 24.5 Å². The first kappa shape index (κ1) is 13.1. The molecular weight excluding hydrogens is 191 g/mol. The number of hydrogen-bond donors (Lipinski definition) is 0. The van der Waals surface area contributed by atoms with Gasteiger partial charge in [-0.05, 0) is 12.8 Å². The molecule has 0 N–H and O–H groups in total. The summed E-state index contributed by atoms with van der Waals surface area (Å²) in [5.41, 5.74) is 0.0374. The van der Waals surface area contributed by atoms with Gasteiger partial charge in [-0.2, -0.15) is 13.2 Å². The van der Waals surface area contributed by atoms with Crippen LogP contribution in [0.4, 0.5) is 13.2 Å². The first-order valence-electron chi connectivity index (χ1n) is 4.33. The fourth-order valence-corrected chi connectivity index (χ4v) is 0.854. The molecular formula is C10H16F3N. The molecule has 0 aromatic carbocycles. The van der Waals surface area contributed by atoms with Crippen LogP contribution in [0.15, 0.2) is 24.0 Å². The van der Waals surface area contributed by atoms with Crippen molar-refractivity contribution in [2.45, 2.75) is 26.9 Å². The summed E-state index contributed by atoms with van der Waals surface area (Å²) in [6.45, 7) is 8.52. The van der Waals surface area contributed by atoms with Crippen LogP contribution in [0.25, 0.3) is 0 Å². The van der Waals surface area contributed by atoms with E-state index in [0.717, 1.165) is 13.1 Å². The molecule has 4 heteroatoms. The van der Waals surface area contributed by atoms with Crippen LogP contribution in [0.2, 0.25) is 0 Å². The van der Waals surface area contributed by atoms with Gasteiger partial charge in [0.25, 0.3) is 0 Å². The van der Waals surface area contributed by atoms with Crippen molar-refractivity contribution < 1.29 is 13.2 Å². The van der Waals surface area contributed by atoms with Crippen LogP contribution in [0.1, 0.15) is 20.8 Å². The second-order valence-corrected chi connectivity index (χ2v) is 3.57. The second kappa shape index (κ2) is 4.53. The Balaban J connectivity index is 4.59. The van der Waals surface area contributed by atoms with Gasteiger partial charge in [0.1, 0.15) is 0 Å². The van der Waals surface area contributed by atoms with Crippen molar-refractivity contribution in [3.05, 3.63) is 24.0 Å². The van der Waals surface area contributed by atoms with Crippen LogP contribution in [-0.2, 0) is 0 Å². The van der Waals surface area contributed by atoms with Crippen molar-refractivity contribution in [3.8, 4) is 0 Å². The average Bonchev–Trinajstić information content (AvgIpc) is 2.00. The topological polar surface area (TPSA) is 3.24 Å². The molecule has 0 aliphatic carbocycles. The van der Waals surface area contributed by atoms with Crippen LogP contribution in [-0.4, -0.2) is 18.1 Å². The molecule has 0 saturated carbocycles. The lowest BCUT2D eigenvalue weighted by Gasteiger charge is -2.21. The Bertz CT molecular complexity index is 238. The smallest absolute Gasteiger partial charge is 0.354 e. The van der Waals surface area contributed by atoms with Crippen molar-refractivity contribution in [3.63, 3.8) is 0 Å². The summed E-state index contributed by atoms with van der Waals surface area (Å²) in [6, 6.07) is 0. The highest BCUT2D eigenvalue weighted by Crippen LogP contribution is 2.26. The summed E-state index contributed by atoms with van der Waals surface area (Å²) in [4.78, 5) is 1.41. The molecule has 0 aromatic heterocycles. The van der Waals surface area contributed by atoms with E-state index in [1.54, 1.807) is 7.05 Å². The van der Waals surface area contributed by atoms with E-state index in [4.69, 9.17) is 0 Å². The summed E-state index contributed by atoms with van der Waals surface area (Å²) < 4.78 is 36.4. The average molecular weight is 207 g/mol. The Morgan fingerprint density at radius 1 is 1.36 bits per heavy atom. The molecule has 1 nitrogen and oxygen atoms in total. The largest absolute Gasteiger partial charge is 0.413 e. The van der Waals surface area contributed by atoms with Gasteiger partial charge < -0.3 is 4.90 Å². The Morgan fingerprint density at radius 2 is 1.79 bits per heavy atom. The standard InChI is InChI=1S/C10H16F3N/c1-7(2)9(4)14(5)6-8(3)10(11,12)13/h6-7H,4H2,1-3,5H3/b8-6+. The summed E-state index contributed by atoms with van der Waals surface area (Å²) in [6.07, 6.45) is -3.20. The number of hydrogen-bond acceptors (Lipinski definition) is 1. The van der Waals surface area contributed by atoms with Crippen LogP contribution in [0.3, 0.4) is 0 Å². The van der Waals surface area contributed by atoms with E-state index in [-0.39, 0.29) is 5.92 Å². The van der Waals surface area contributed by atoms with Gasteiger partial charge in [0.2, 0.25) is 0 Å². The molecule has 0 amide bonds. The predicted molar refractivity (Wildman–Crippen MR) is 51.6 cm³/mol. The summed E-state index contributed by atoms with van der Waals surface area (Å²) in [7, 11) is 1.57. The van der Waals surface area contributed by atoms with E-state index < -0.39 is 11.7 Å². The molecule has 0 heterocycles. The third kappa shape index (κ3) is 3.85. The van der Waals surface area contributed by atoms with Crippen LogP contribution >= 0.6 is 0 Å². The summed E-state index contributed by atoms with van der Waals surface area (Å²) in [5, 5.41) is 0. The van der Waals surface area contributed by atoms with Crippen molar-refractivity contribution in [1.82, 2.24) is 4.90 Å². The number of halogens is 3. The third-order valence-electron chi connectivity index (χ3n) is 1.95. The van der Waals surface area contributed by atoms with Gasteiger partial charge in [-0.3, -0.25) is 0 Å². The molecule has 14 heavy (non-hydrogen) atoms. The van der Waals surface area contributed by atoms with Crippen molar-refractivity contribution in [2.24, 2.45) is 5.92 Å². The highest BCUT2D eigenvalue weighted by Gasteiger charge is 2.30.